The zero-order valence-electron chi connectivity index (χ0n) is 19.7. The van der Waals surface area contributed by atoms with Gasteiger partial charge in [0.15, 0.2) is 11.5 Å². The molecule has 0 spiro atoms. The van der Waals surface area contributed by atoms with E-state index in [-0.39, 0.29) is 53.1 Å². The third-order valence-electron chi connectivity index (χ3n) is 6.92. The number of nitrogens with zero attached hydrogens (tertiary/aromatic N) is 2. The minimum atomic E-state index is -1.52. The van der Waals surface area contributed by atoms with Crippen LogP contribution < -0.4 is 10.1 Å². The number of Topliss-reactive ketones (excluding diaryl/α,β-unsaturated/α-hetero) is 1. The standard InChI is InChI=1S/C26H23ClFN3O6/c1-13(32)17-11-30(24-16(17)5-3-7-21(24)37-26(35)36)12-22(33)31-19-8-15(19)9-20(31)25(34)29-10-14-4-2-6-18(27)23(14)28/h2-7,11,15,19-20H,8-10,12H2,1H3,(H,29,34)(H,35,36)/t15-,19-,20+/m1/s1. The Hall–Kier alpha value is -3.92. The third kappa shape index (κ3) is 4.64. The molecule has 3 atom stereocenters. The van der Waals surface area contributed by atoms with E-state index in [9.17, 15) is 23.6 Å². The molecule has 3 aromatic rings. The van der Waals surface area contributed by atoms with E-state index in [2.05, 4.69) is 5.32 Å². The monoisotopic (exact) mass is 527 g/mol. The van der Waals surface area contributed by atoms with Gasteiger partial charge in [-0.25, -0.2) is 9.18 Å². The largest absolute Gasteiger partial charge is 0.511 e. The summed E-state index contributed by atoms with van der Waals surface area (Å²) in [6.45, 7) is 1.09. The number of carbonyl (C=O) groups excluding carboxylic acids is 3. The predicted molar refractivity (Wildman–Crippen MR) is 131 cm³/mol. The molecule has 9 nitrogen and oxygen atoms in total. The summed E-state index contributed by atoms with van der Waals surface area (Å²) in [5.74, 6) is -1.39. The number of aromatic nitrogens is 1. The van der Waals surface area contributed by atoms with E-state index >= 15 is 0 Å². The number of para-hydroxylation sites is 1. The Morgan fingerprint density at radius 1 is 1.16 bits per heavy atom. The van der Waals surface area contributed by atoms with E-state index in [1.54, 1.807) is 23.1 Å². The van der Waals surface area contributed by atoms with Gasteiger partial charge in [0.05, 0.1) is 10.5 Å². The molecule has 1 saturated heterocycles. The van der Waals surface area contributed by atoms with Crippen molar-refractivity contribution >= 4 is 46.3 Å². The molecule has 2 heterocycles. The average molecular weight is 528 g/mol. The van der Waals surface area contributed by atoms with E-state index in [1.165, 1.54) is 35.9 Å². The highest BCUT2D eigenvalue weighted by atomic mass is 35.5. The summed E-state index contributed by atoms with van der Waals surface area (Å²) in [5, 5.41) is 12.3. The van der Waals surface area contributed by atoms with Crippen LogP contribution in [0.3, 0.4) is 0 Å². The van der Waals surface area contributed by atoms with Crippen LogP contribution in [0.25, 0.3) is 10.9 Å². The summed E-state index contributed by atoms with van der Waals surface area (Å²) in [4.78, 5) is 51.5. The Morgan fingerprint density at radius 3 is 2.65 bits per heavy atom. The minimum Gasteiger partial charge on any atom is -0.449 e. The molecule has 192 valence electrons. The Bertz CT molecular complexity index is 1450. The second kappa shape index (κ2) is 9.51. The fourth-order valence-electron chi connectivity index (χ4n) is 5.17. The Morgan fingerprint density at radius 2 is 1.92 bits per heavy atom. The molecule has 5 rings (SSSR count). The summed E-state index contributed by atoms with van der Waals surface area (Å²) < 4.78 is 20.6. The lowest BCUT2D eigenvalue weighted by molar-refractivity contribution is -0.140. The second-order valence-corrected chi connectivity index (χ2v) is 9.70. The van der Waals surface area contributed by atoms with E-state index in [4.69, 9.17) is 21.4 Å². The molecule has 0 unspecified atom stereocenters. The van der Waals surface area contributed by atoms with Crippen molar-refractivity contribution in [2.75, 3.05) is 0 Å². The lowest BCUT2D eigenvalue weighted by Gasteiger charge is -2.27. The van der Waals surface area contributed by atoms with E-state index in [0.717, 1.165) is 6.42 Å². The van der Waals surface area contributed by atoms with Crippen LogP contribution in [-0.4, -0.2) is 50.4 Å². The van der Waals surface area contributed by atoms with Gasteiger partial charge in [-0.05, 0) is 37.8 Å². The van der Waals surface area contributed by atoms with Crippen LogP contribution in [0.15, 0.2) is 42.6 Å². The number of hydrogen-bond donors (Lipinski definition) is 2. The topological polar surface area (TPSA) is 118 Å². The maximum absolute atomic E-state index is 14.2. The molecule has 2 amide bonds. The molecule has 2 aromatic carbocycles. The number of likely N-dealkylation sites (tertiary alicyclic amines) is 1. The normalized spacial score (nSPS) is 20.0. The minimum absolute atomic E-state index is 0.00568. The van der Waals surface area contributed by atoms with Gasteiger partial charge < -0.3 is 24.6 Å². The highest BCUT2D eigenvalue weighted by Crippen LogP contribution is 2.48. The number of hydrogen-bond acceptors (Lipinski definition) is 5. The van der Waals surface area contributed by atoms with Crippen molar-refractivity contribution < 1.29 is 33.4 Å². The quantitative estimate of drug-likeness (QED) is 0.272. The van der Waals surface area contributed by atoms with Crippen LogP contribution in [0.5, 0.6) is 5.75 Å². The van der Waals surface area contributed by atoms with Crippen LogP contribution in [0, 0.1) is 11.7 Å². The first-order valence-corrected chi connectivity index (χ1v) is 12.1. The number of ether oxygens (including phenoxy) is 1. The Balaban J connectivity index is 1.38. The molecule has 2 N–H and O–H groups in total. The summed E-state index contributed by atoms with van der Waals surface area (Å²) >= 11 is 5.82. The molecule has 1 aromatic heterocycles. The Kier molecular flexibility index (Phi) is 6.36. The van der Waals surface area contributed by atoms with Gasteiger partial charge in [-0.15, -0.1) is 0 Å². The predicted octanol–water partition coefficient (Wildman–Crippen LogP) is 4.00. The van der Waals surface area contributed by atoms with Crippen LogP contribution in [0.4, 0.5) is 9.18 Å². The number of rotatable bonds is 7. The molecule has 2 fully saturated rings. The molecule has 37 heavy (non-hydrogen) atoms. The highest BCUT2D eigenvalue weighted by Gasteiger charge is 2.55. The van der Waals surface area contributed by atoms with Crippen molar-refractivity contribution in [1.29, 1.82) is 0 Å². The molecule has 1 saturated carbocycles. The lowest BCUT2D eigenvalue weighted by Crippen LogP contribution is -2.48. The van der Waals surface area contributed by atoms with E-state index < -0.39 is 23.9 Å². The van der Waals surface area contributed by atoms with Crippen molar-refractivity contribution in [1.82, 2.24) is 14.8 Å². The molecule has 2 aliphatic rings. The summed E-state index contributed by atoms with van der Waals surface area (Å²) in [5.41, 5.74) is 0.859. The molecule has 0 radical (unpaired) electrons. The number of amides is 2. The second-order valence-electron chi connectivity index (χ2n) is 9.29. The number of ketones is 1. The first kappa shape index (κ1) is 24.8. The van der Waals surface area contributed by atoms with Crippen LogP contribution in [0.1, 0.15) is 35.7 Å². The van der Waals surface area contributed by atoms with Crippen molar-refractivity contribution in [3.63, 3.8) is 0 Å². The number of fused-ring (bicyclic) bond motifs is 2. The molecule has 1 aliphatic heterocycles. The van der Waals surface area contributed by atoms with Crippen LogP contribution >= 0.6 is 11.6 Å². The number of carboxylic acid groups (broad SMARTS) is 1. The smallest absolute Gasteiger partial charge is 0.449 e. The number of piperidine rings is 1. The van der Waals surface area contributed by atoms with Gasteiger partial charge in [0.25, 0.3) is 0 Å². The summed E-state index contributed by atoms with van der Waals surface area (Å²) in [6.07, 6.45) is 1.26. The van der Waals surface area contributed by atoms with Gasteiger partial charge in [-0.1, -0.05) is 35.9 Å². The summed E-state index contributed by atoms with van der Waals surface area (Å²) in [7, 11) is 0. The maximum Gasteiger partial charge on any atom is 0.511 e. The first-order chi connectivity index (χ1) is 17.7. The fourth-order valence-corrected chi connectivity index (χ4v) is 5.36. The zero-order chi connectivity index (χ0) is 26.4. The van der Waals surface area contributed by atoms with Gasteiger partial charge >= 0.3 is 6.16 Å². The van der Waals surface area contributed by atoms with Gasteiger partial charge in [0, 0.05) is 35.3 Å². The Labute approximate surface area is 215 Å². The molecule has 0 bridgehead atoms. The van der Waals surface area contributed by atoms with Crippen molar-refractivity contribution in [2.45, 2.75) is 44.9 Å². The summed E-state index contributed by atoms with van der Waals surface area (Å²) in [6, 6.07) is 8.40. The average Bonchev–Trinajstić information content (AvgIpc) is 3.34. The molecular weight excluding hydrogens is 505 g/mol. The van der Waals surface area contributed by atoms with Crippen LogP contribution in [-0.2, 0) is 22.7 Å². The third-order valence-corrected chi connectivity index (χ3v) is 7.22. The van der Waals surface area contributed by atoms with Gasteiger partial charge in [0.2, 0.25) is 11.8 Å². The molecule has 1 aliphatic carbocycles. The van der Waals surface area contributed by atoms with Gasteiger partial charge in [-0.2, -0.15) is 0 Å². The van der Waals surface area contributed by atoms with E-state index in [0.29, 0.717) is 22.9 Å². The highest BCUT2D eigenvalue weighted by molar-refractivity contribution is 6.30. The zero-order valence-corrected chi connectivity index (χ0v) is 20.5. The van der Waals surface area contributed by atoms with E-state index in [1.807, 2.05) is 0 Å². The molecule has 11 heteroatoms. The fraction of sp³-hybridized carbons (Fsp3) is 0.308. The van der Waals surface area contributed by atoms with Crippen molar-refractivity contribution in [2.24, 2.45) is 5.92 Å². The lowest BCUT2D eigenvalue weighted by atomic mass is 10.1. The molecular formula is C26H23ClFN3O6. The van der Waals surface area contributed by atoms with Crippen molar-refractivity contribution in [3.8, 4) is 5.75 Å². The number of halogens is 2. The first-order valence-electron chi connectivity index (χ1n) is 11.7. The van der Waals surface area contributed by atoms with Crippen molar-refractivity contribution in [3.05, 3.63) is 64.6 Å². The van der Waals surface area contributed by atoms with Crippen LogP contribution in [0.2, 0.25) is 5.02 Å². The number of carbonyl (C=O) groups is 4. The van der Waals surface area contributed by atoms with Gasteiger partial charge in [0.1, 0.15) is 18.4 Å². The van der Waals surface area contributed by atoms with Gasteiger partial charge in [-0.3, -0.25) is 14.4 Å². The maximum atomic E-state index is 14.2. The number of nitrogens with one attached hydrogen (secondary N) is 1. The SMILES string of the molecule is CC(=O)c1cn(CC(=O)N2[C@@H]3C[C@@H]3C[C@H]2C(=O)NCc2cccc(Cl)c2F)c2c(OC(=O)O)cccc12. The number of benzene rings is 2.